The highest BCUT2D eigenvalue weighted by atomic mass is 32.2. The Morgan fingerprint density at radius 2 is 1.95 bits per heavy atom. The third-order valence-corrected chi connectivity index (χ3v) is 3.35. The first kappa shape index (κ1) is 15.2. The second-order valence-electron chi connectivity index (χ2n) is 3.68. The molecule has 0 aliphatic rings. The fraction of sp³-hybridized carbons (Fsp3) is 0.333. The van der Waals surface area contributed by atoms with Crippen LogP contribution in [0, 0.1) is 10.1 Å². The van der Waals surface area contributed by atoms with Gasteiger partial charge in [0.2, 0.25) is 0 Å². The lowest BCUT2D eigenvalue weighted by Gasteiger charge is -2.11. The summed E-state index contributed by atoms with van der Waals surface area (Å²) in [6, 6.07) is 5.20. The zero-order valence-electron chi connectivity index (χ0n) is 10.5. The van der Waals surface area contributed by atoms with Gasteiger partial charge in [-0.2, -0.15) is 0 Å². The smallest absolute Gasteiger partial charge is 0.324 e. The van der Waals surface area contributed by atoms with Crippen LogP contribution >= 0.6 is 11.8 Å². The van der Waals surface area contributed by atoms with Gasteiger partial charge < -0.3 is 4.74 Å². The molecule has 0 amide bonds. The van der Waals surface area contributed by atoms with Crippen LogP contribution < -0.4 is 4.74 Å². The predicted octanol–water partition coefficient (Wildman–Crippen LogP) is 2.56. The van der Waals surface area contributed by atoms with Crippen molar-refractivity contribution in [3.05, 3.63) is 34.4 Å². The Morgan fingerprint density at radius 3 is 2.37 bits per heavy atom. The van der Waals surface area contributed by atoms with E-state index in [0.717, 1.165) is 11.8 Å². The summed E-state index contributed by atoms with van der Waals surface area (Å²) in [4.78, 5) is 32.7. The van der Waals surface area contributed by atoms with Crippen LogP contribution in [-0.4, -0.2) is 21.3 Å². The van der Waals surface area contributed by atoms with Crippen LogP contribution in [0.3, 0.4) is 0 Å². The average molecular weight is 283 g/mol. The zero-order valence-corrected chi connectivity index (χ0v) is 11.3. The third-order valence-electron chi connectivity index (χ3n) is 2.21. The van der Waals surface area contributed by atoms with E-state index < -0.39 is 16.1 Å². The summed E-state index contributed by atoms with van der Waals surface area (Å²) in [6.07, 6.45) is 0.468. The molecule has 0 aliphatic carbocycles. The molecule has 0 saturated carbocycles. The lowest BCUT2D eigenvalue weighted by Crippen LogP contribution is -2.23. The molecular weight excluding hydrogens is 270 g/mol. The van der Waals surface area contributed by atoms with Crippen LogP contribution in [0.25, 0.3) is 0 Å². The van der Waals surface area contributed by atoms with Crippen molar-refractivity contribution < 1.29 is 19.2 Å². The van der Waals surface area contributed by atoms with Crippen molar-refractivity contribution in [2.24, 2.45) is 0 Å². The lowest BCUT2D eigenvalue weighted by molar-refractivity contribution is -0.384. The molecule has 1 aromatic carbocycles. The molecule has 0 heterocycles. The molecule has 1 atom stereocenters. The monoisotopic (exact) mass is 283 g/mol. The minimum atomic E-state index is -0.562. The molecule has 7 heteroatoms. The fourth-order valence-corrected chi connectivity index (χ4v) is 2.03. The Bertz CT molecular complexity index is 485. The maximum atomic E-state index is 11.8. The summed E-state index contributed by atoms with van der Waals surface area (Å²) >= 11 is 0.913. The number of benzene rings is 1. The second-order valence-corrected chi connectivity index (χ2v) is 5.06. The molecule has 0 fully saturated rings. The SMILES string of the molecule is CCC(SC(C)=O)C(=O)Oc1ccc([N+](=O)[O-])cc1. The van der Waals surface area contributed by atoms with Gasteiger partial charge >= 0.3 is 5.97 Å². The second kappa shape index (κ2) is 6.89. The van der Waals surface area contributed by atoms with Gasteiger partial charge in [0.1, 0.15) is 11.0 Å². The number of carbonyl (C=O) groups excluding carboxylic acids is 2. The summed E-state index contributed by atoms with van der Waals surface area (Å²) in [6.45, 7) is 3.16. The van der Waals surface area contributed by atoms with Crippen LogP contribution in [-0.2, 0) is 9.59 Å². The Kier molecular flexibility index (Phi) is 5.50. The Balaban J connectivity index is 2.70. The Hall–Kier alpha value is -1.89. The van der Waals surface area contributed by atoms with Crippen LogP contribution in [0.4, 0.5) is 5.69 Å². The molecule has 0 N–H and O–H groups in total. The summed E-state index contributed by atoms with van der Waals surface area (Å²) in [5.41, 5.74) is -0.0787. The lowest BCUT2D eigenvalue weighted by atomic mass is 10.3. The average Bonchev–Trinajstić information content (AvgIpc) is 2.36. The molecular formula is C12H13NO5S. The molecule has 1 rings (SSSR count). The van der Waals surface area contributed by atoms with Gasteiger partial charge in [-0.1, -0.05) is 18.7 Å². The van der Waals surface area contributed by atoms with Crippen molar-refractivity contribution in [1.29, 1.82) is 0 Å². The van der Waals surface area contributed by atoms with Gasteiger partial charge in [-0.15, -0.1) is 0 Å². The summed E-state index contributed by atoms with van der Waals surface area (Å²) in [5.74, 6) is -0.310. The van der Waals surface area contributed by atoms with Gasteiger partial charge in [-0.3, -0.25) is 19.7 Å². The standard InChI is InChI=1S/C12H13NO5S/c1-3-11(19-8(2)14)12(15)18-10-6-4-9(5-7-10)13(16)17/h4-7,11H,3H2,1-2H3. The molecule has 0 aliphatic heterocycles. The quantitative estimate of drug-likeness (QED) is 0.357. The van der Waals surface area contributed by atoms with E-state index in [4.69, 9.17) is 4.74 Å². The molecule has 0 bridgehead atoms. The van der Waals surface area contributed by atoms with E-state index >= 15 is 0 Å². The molecule has 0 radical (unpaired) electrons. The number of thioether (sulfide) groups is 1. The third kappa shape index (κ3) is 4.70. The van der Waals surface area contributed by atoms with Crippen molar-refractivity contribution in [3.63, 3.8) is 0 Å². The summed E-state index contributed by atoms with van der Waals surface area (Å²) in [5, 5.41) is 9.75. The van der Waals surface area contributed by atoms with Crippen LogP contribution in [0.2, 0.25) is 0 Å². The van der Waals surface area contributed by atoms with Gasteiger partial charge in [-0.25, -0.2) is 0 Å². The first-order valence-corrected chi connectivity index (χ1v) is 6.45. The summed E-state index contributed by atoms with van der Waals surface area (Å²) < 4.78 is 5.07. The first-order chi connectivity index (χ1) is 8.93. The highest BCUT2D eigenvalue weighted by molar-refractivity contribution is 8.14. The maximum absolute atomic E-state index is 11.8. The van der Waals surface area contributed by atoms with Gasteiger partial charge in [-0.05, 0) is 18.6 Å². The molecule has 19 heavy (non-hydrogen) atoms. The largest absolute Gasteiger partial charge is 0.426 e. The van der Waals surface area contributed by atoms with E-state index in [2.05, 4.69) is 0 Å². The molecule has 102 valence electrons. The highest BCUT2D eigenvalue weighted by Gasteiger charge is 2.21. The van der Waals surface area contributed by atoms with Gasteiger partial charge in [0.05, 0.1) is 4.92 Å². The number of hydrogen-bond acceptors (Lipinski definition) is 6. The van der Waals surface area contributed by atoms with Crippen molar-refractivity contribution in [3.8, 4) is 5.75 Å². The van der Waals surface area contributed by atoms with Crippen molar-refractivity contribution in [2.75, 3.05) is 0 Å². The van der Waals surface area contributed by atoms with Gasteiger partial charge in [0.15, 0.2) is 5.12 Å². The number of carbonyl (C=O) groups is 2. The zero-order chi connectivity index (χ0) is 14.4. The van der Waals surface area contributed by atoms with Crippen molar-refractivity contribution in [2.45, 2.75) is 25.5 Å². The molecule has 0 saturated heterocycles. The normalized spacial score (nSPS) is 11.7. The van der Waals surface area contributed by atoms with E-state index in [0.29, 0.717) is 6.42 Å². The van der Waals surface area contributed by atoms with E-state index in [1.54, 1.807) is 6.92 Å². The molecule has 0 spiro atoms. The van der Waals surface area contributed by atoms with Gasteiger partial charge in [0.25, 0.3) is 5.69 Å². The number of esters is 1. The minimum absolute atomic E-state index is 0.0787. The minimum Gasteiger partial charge on any atom is -0.426 e. The van der Waals surface area contributed by atoms with E-state index in [1.165, 1.54) is 31.2 Å². The van der Waals surface area contributed by atoms with Crippen molar-refractivity contribution >= 4 is 28.5 Å². The number of rotatable bonds is 5. The Labute approximate surface area is 114 Å². The number of non-ortho nitro benzene ring substituents is 1. The number of nitro groups is 1. The predicted molar refractivity (Wildman–Crippen MR) is 71.1 cm³/mol. The molecule has 1 unspecified atom stereocenters. The van der Waals surface area contributed by atoms with Crippen molar-refractivity contribution in [1.82, 2.24) is 0 Å². The summed E-state index contributed by atoms with van der Waals surface area (Å²) in [7, 11) is 0. The number of ether oxygens (including phenoxy) is 1. The molecule has 0 aromatic heterocycles. The van der Waals surface area contributed by atoms with E-state index in [9.17, 15) is 19.7 Å². The van der Waals surface area contributed by atoms with Crippen LogP contribution in [0.1, 0.15) is 20.3 Å². The first-order valence-electron chi connectivity index (χ1n) is 5.57. The van der Waals surface area contributed by atoms with Crippen LogP contribution in [0.15, 0.2) is 24.3 Å². The number of hydrogen-bond donors (Lipinski definition) is 0. The fourth-order valence-electron chi connectivity index (χ4n) is 1.32. The van der Waals surface area contributed by atoms with E-state index in [1.807, 2.05) is 0 Å². The topological polar surface area (TPSA) is 86.5 Å². The number of nitrogens with zero attached hydrogens (tertiary/aromatic N) is 1. The Morgan fingerprint density at radius 1 is 1.37 bits per heavy atom. The number of nitro benzene ring substituents is 1. The molecule has 1 aromatic rings. The molecule has 6 nitrogen and oxygen atoms in total. The van der Waals surface area contributed by atoms with Gasteiger partial charge in [0, 0.05) is 19.1 Å². The van der Waals surface area contributed by atoms with Crippen LogP contribution in [0.5, 0.6) is 5.75 Å². The maximum Gasteiger partial charge on any atom is 0.324 e. The highest BCUT2D eigenvalue weighted by Crippen LogP contribution is 2.21. The van der Waals surface area contributed by atoms with E-state index in [-0.39, 0.29) is 16.6 Å².